The first-order valence-corrected chi connectivity index (χ1v) is 10.2. The molecule has 2 aliphatic rings. The molecule has 1 fully saturated rings. The van der Waals surface area contributed by atoms with E-state index in [0.717, 1.165) is 12.8 Å². The summed E-state index contributed by atoms with van der Waals surface area (Å²) in [5.41, 5.74) is 5.94. The lowest BCUT2D eigenvalue weighted by Gasteiger charge is -2.33. The molecule has 170 valence electrons. The number of carbonyl (C=O) groups excluding carboxylic acids is 1. The summed E-state index contributed by atoms with van der Waals surface area (Å²) >= 11 is 0. The standard InChI is InChI=1S/C20H22F2N6O4/c1-19(2,3)32-18(29)27-8-4-5-10(9-27)15-25-16-11-6-7-12-14(31-20(21,22)30-12)13(11)24-17(23)28(16)26-15/h6-7,10H,4-5,8-9H2,1-3H3,(H2,23,24). The van der Waals surface area contributed by atoms with Crippen molar-refractivity contribution in [1.29, 1.82) is 0 Å². The van der Waals surface area contributed by atoms with Gasteiger partial charge in [-0.25, -0.2) is 14.8 Å². The maximum atomic E-state index is 13.6. The average molecular weight is 448 g/mol. The monoisotopic (exact) mass is 448 g/mol. The van der Waals surface area contributed by atoms with Crippen molar-refractivity contribution < 1.29 is 27.8 Å². The molecule has 4 heterocycles. The molecule has 0 spiro atoms. The van der Waals surface area contributed by atoms with Gasteiger partial charge in [-0.2, -0.15) is 4.52 Å². The summed E-state index contributed by atoms with van der Waals surface area (Å²) in [6, 6.07) is 2.93. The van der Waals surface area contributed by atoms with E-state index in [4.69, 9.17) is 10.5 Å². The second-order valence-electron chi connectivity index (χ2n) is 8.90. The highest BCUT2D eigenvalue weighted by atomic mass is 19.3. The van der Waals surface area contributed by atoms with E-state index < -0.39 is 11.9 Å². The van der Waals surface area contributed by atoms with Gasteiger partial charge in [0.05, 0.1) is 0 Å². The van der Waals surface area contributed by atoms with Gasteiger partial charge in [-0.15, -0.1) is 13.9 Å². The molecule has 1 amide bonds. The van der Waals surface area contributed by atoms with Crippen LogP contribution in [0.5, 0.6) is 11.5 Å². The van der Waals surface area contributed by atoms with Crippen molar-refractivity contribution in [1.82, 2.24) is 24.5 Å². The Hall–Kier alpha value is -3.44. The number of nitrogens with two attached hydrogens (primary N) is 1. The molecule has 12 heteroatoms. The molecule has 1 atom stereocenters. The van der Waals surface area contributed by atoms with Gasteiger partial charge in [0.25, 0.3) is 0 Å². The minimum absolute atomic E-state index is 0.0294. The second kappa shape index (κ2) is 6.78. The van der Waals surface area contributed by atoms with Crippen molar-refractivity contribution in [3.63, 3.8) is 0 Å². The Balaban J connectivity index is 1.50. The summed E-state index contributed by atoms with van der Waals surface area (Å²) in [7, 11) is 0. The summed E-state index contributed by atoms with van der Waals surface area (Å²) in [6.07, 6.45) is -2.61. The summed E-state index contributed by atoms with van der Waals surface area (Å²) < 4.78 is 43.1. The second-order valence-corrected chi connectivity index (χ2v) is 8.90. The van der Waals surface area contributed by atoms with Crippen molar-refractivity contribution in [3.05, 3.63) is 18.0 Å². The minimum Gasteiger partial charge on any atom is -0.444 e. The van der Waals surface area contributed by atoms with Gasteiger partial charge < -0.3 is 24.8 Å². The number of rotatable bonds is 1. The highest BCUT2D eigenvalue weighted by Crippen LogP contribution is 2.45. The first-order chi connectivity index (χ1) is 15.0. The number of fused-ring (bicyclic) bond motifs is 5. The van der Waals surface area contributed by atoms with Gasteiger partial charge in [0, 0.05) is 24.4 Å². The zero-order chi connectivity index (χ0) is 22.8. The Morgan fingerprint density at radius 3 is 2.81 bits per heavy atom. The molecule has 0 saturated carbocycles. The third kappa shape index (κ3) is 3.49. The maximum Gasteiger partial charge on any atom is 0.586 e. The molecular weight excluding hydrogens is 426 g/mol. The highest BCUT2D eigenvalue weighted by Gasteiger charge is 2.45. The Morgan fingerprint density at radius 2 is 2.06 bits per heavy atom. The van der Waals surface area contributed by atoms with Crippen LogP contribution in [0, 0.1) is 0 Å². The molecular formula is C20H22F2N6O4. The van der Waals surface area contributed by atoms with E-state index in [1.165, 1.54) is 10.6 Å². The smallest absolute Gasteiger partial charge is 0.444 e. The number of amides is 1. The summed E-state index contributed by atoms with van der Waals surface area (Å²) in [4.78, 5) is 23.0. The van der Waals surface area contributed by atoms with Crippen molar-refractivity contribution in [2.24, 2.45) is 0 Å². The van der Waals surface area contributed by atoms with Gasteiger partial charge in [-0.05, 0) is 45.7 Å². The molecule has 0 bridgehead atoms. The van der Waals surface area contributed by atoms with Gasteiger partial charge in [0.15, 0.2) is 23.0 Å². The number of benzene rings is 1. The Morgan fingerprint density at radius 1 is 1.28 bits per heavy atom. The maximum absolute atomic E-state index is 13.6. The lowest BCUT2D eigenvalue weighted by molar-refractivity contribution is -0.286. The average Bonchev–Trinajstić information content (AvgIpc) is 3.28. The van der Waals surface area contributed by atoms with Gasteiger partial charge in [-0.3, -0.25) is 0 Å². The first kappa shape index (κ1) is 20.5. The molecule has 32 heavy (non-hydrogen) atoms. The quantitative estimate of drug-likeness (QED) is 0.603. The number of nitrogen functional groups attached to an aromatic ring is 1. The van der Waals surface area contributed by atoms with Crippen LogP contribution in [0.4, 0.5) is 19.5 Å². The molecule has 2 aromatic heterocycles. The van der Waals surface area contributed by atoms with E-state index in [1.54, 1.807) is 11.0 Å². The van der Waals surface area contributed by atoms with Crippen LogP contribution in [0.3, 0.4) is 0 Å². The largest absolute Gasteiger partial charge is 0.586 e. The Bertz CT molecular complexity index is 1240. The van der Waals surface area contributed by atoms with E-state index in [2.05, 4.69) is 24.5 Å². The first-order valence-electron chi connectivity index (χ1n) is 10.2. The van der Waals surface area contributed by atoms with Crippen LogP contribution in [0.1, 0.15) is 45.4 Å². The van der Waals surface area contributed by atoms with E-state index >= 15 is 0 Å². The summed E-state index contributed by atoms with van der Waals surface area (Å²) in [6.45, 7) is 6.44. The lowest BCUT2D eigenvalue weighted by Crippen LogP contribution is -2.42. The number of alkyl halides is 2. The van der Waals surface area contributed by atoms with Crippen LogP contribution in [0.15, 0.2) is 12.1 Å². The fourth-order valence-corrected chi connectivity index (χ4v) is 3.97. The molecule has 3 aromatic rings. The van der Waals surface area contributed by atoms with Gasteiger partial charge in [-0.1, -0.05) is 0 Å². The number of aromatic nitrogens is 4. The van der Waals surface area contributed by atoms with Crippen LogP contribution in [-0.4, -0.2) is 55.6 Å². The number of hydrogen-bond acceptors (Lipinski definition) is 8. The van der Waals surface area contributed by atoms with Gasteiger partial charge in [0.1, 0.15) is 11.1 Å². The predicted octanol–water partition coefficient (Wildman–Crippen LogP) is 3.30. The summed E-state index contributed by atoms with van der Waals surface area (Å²) in [5.74, 6) is 0.00304. The van der Waals surface area contributed by atoms with Crippen LogP contribution in [0.2, 0.25) is 0 Å². The zero-order valence-electron chi connectivity index (χ0n) is 17.8. The predicted molar refractivity (Wildman–Crippen MR) is 109 cm³/mol. The molecule has 2 aliphatic heterocycles. The number of likely N-dealkylation sites (tertiary alicyclic amines) is 1. The molecule has 1 aromatic carbocycles. The van der Waals surface area contributed by atoms with E-state index in [-0.39, 0.29) is 35.0 Å². The van der Waals surface area contributed by atoms with Crippen LogP contribution in [-0.2, 0) is 4.74 Å². The molecule has 0 aliphatic carbocycles. The number of halogens is 2. The third-order valence-electron chi connectivity index (χ3n) is 5.29. The molecule has 5 rings (SSSR count). The zero-order valence-corrected chi connectivity index (χ0v) is 17.8. The Labute approximate surface area is 181 Å². The topological polar surface area (TPSA) is 117 Å². The van der Waals surface area contributed by atoms with Crippen LogP contribution < -0.4 is 15.2 Å². The Kier molecular flexibility index (Phi) is 4.33. The molecule has 0 radical (unpaired) electrons. The van der Waals surface area contributed by atoms with E-state index in [0.29, 0.717) is 29.9 Å². The third-order valence-corrected chi connectivity index (χ3v) is 5.29. The molecule has 2 N–H and O–H groups in total. The van der Waals surface area contributed by atoms with E-state index in [9.17, 15) is 13.6 Å². The number of nitrogens with zero attached hydrogens (tertiary/aromatic N) is 5. The highest BCUT2D eigenvalue weighted by molar-refractivity contribution is 5.97. The molecule has 1 saturated heterocycles. The van der Waals surface area contributed by atoms with Crippen molar-refractivity contribution in [2.45, 2.75) is 51.4 Å². The van der Waals surface area contributed by atoms with Gasteiger partial charge in [0.2, 0.25) is 5.95 Å². The lowest BCUT2D eigenvalue weighted by atomic mass is 9.98. The molecule has 10 nitrogen and oxygen atoms in total. The SMILES string of the molecule is CC(C)(C)OC(=O)N1CCCC(c2nc3c4ccc5c(c4nc(N)n3n2)OC(F)(F)O5)C1. The van der Waals surface area contributed by atoms with Crippen molar-refractivity contribution in [3.8, 4) is 11.5 Å². The number of carbonyl (C=O) groups is 1. The van der Waals surface area contributed by atoms with E-state index in [1.807, 2.05) is 20.8 Å². The van der Waals surface area contributed by atoms with Gasteiger partial charge >= 0.3 is 12.4 Å². The number of ether oxygens (including phenoxy) is 3. The van der Waals surface area contributed by atoms with Crippen LogP contribution >= 0.6 is 0 Å². The fourth-order valence-electron chi connectivity index (χ4n) is 3.97. The van der Waals surface area contributed by atoms with Crippen molar-refractivity contribution >= 4 is 28.6 Å². The number of hydrogen-bond donors (Lipinski definition) is 1. The van der Waals surface area contributed by atoms with Crippen molar-refractivity contribution in [2.75, 3.05) is 18.8 Å². The fraction of sp³-hybridized carbons (Fsp3) is 0.500. The molecule has 1 unspecified atom stereocenters. The summed E-state index contributed by atoms with van der Waals surface area (Å²) in [5, 5.41) is 4.94. The normalized spacial score (nSPS) is 20.2. The number of piperidine rings is 1. The number of anilines is 1. The minimum atomic E-state index is -3.77. The van der Waals surface area contributed by atoms with Crippen LogP contribution in [0.25, 0.3) is 16.6 Å².